The fourth-order valence-electron chi connectivity index (χ4n) is 2.54. The average Bonchev–Trinajstić information content (AvgIpc) is 2.88. The maximum atomic E-state index is 13.9. The van der Waals surface area contributed by atoms with Crippen molar-refractivity contribution in [1.29, 1.82) is 0 Å². The zero-order valence-corrected chi connectivity index (χ0v) is 11.0. The molecule has 3 rings (SSSR count). The van der Waals surface area contributed by atoms with Crippen LogP contribution in [0.1, 0.15) is 24.4 Å². The molecule has 0 amide bonds. The van der Waals surface area contributed by atoms with Gasteiger partial charge >= 0.3 is 0 Å². The molecule has 0 unspecified atom stereocenters. The van der Waals surface area contributed by atoms with Crippen molar-refractivity contribution in [3.63, 3.8) is 0 Å². The van der Waals surface area contributed by atoms with Crippen molar-refractivity contribution in [3.8, 4) is 0 Å². The largest absolute Gasteiger partial charge is 0.334 e. The zero-order chi connectivity index (χ0) is 13.2. The molecule has 0 saturated carbocycles. The molecule has 2 heterocycles. The quantitative estimate of drug-likeness (QED) is 0.785. The number of aromatic nitrogens is 2. The molecule has 2 aromatic rings. The van der Waals surface area contributed by atoms with E-state index in [9.17, 15) is 4.39 Å². The molecule has 0 spiro atoms. The maximum Gasteiger partial charge on any atom is 0.227 e. The van der Waals surface area contributed by atoms with E-state index in [0.717, 1.165) is 19.4 Å². The number of nitrogens with zero attached hydrogens (tertiary/aromatic N) is 3. The van der Waals surface area contributed by atoms with Crippen LogP contribution in [0.5, 0.6) is 0 Å². The van der Waals surface area contributed by atoms with E-state index in [2.05, 4.69) is 9.97 Å². The van der Waals surface area contributed by atoms with Gasteiger partial charge in [-0.3, -0.25) is 0 Å². The summed E-state index contributed by atoms with van der Waals surface area (Å²) < 4.78 is 13.9. The van der Waals surface area contributed by atoms with E-state index in [4.69, 9.17) is 11.6 Å². The minimum Gasteiger partial charge on any atom is -0.334 e. The summed E-state index contributed by atoms with van der Waals surface area (Å²) in [5, 5.41) is 0.407. The molecular formula is C14H13ClFN3. The molecule has 19 heavy (non-hydrogen) atoms. The summed E-state index contributed by atoms with van der Waals surface area (Å²) in [4.78, 5) is 10.5. The van der Waals surface area contributed by atoms with E-state index in [-0.39, 0.29) is 11.9 Å². The van der Waals surface area contributed by atoms with Crippen LogP contribution in [0.15, 0.2) is 36.5 Å². The van der Waals surface area contributed by atoms with Crippen LogP contribution in [-0.2, 0) is 0 Å². The Morgan fingerprint density at radius 3 is 2.89 bits per heavy atom. The van der Waals surface area contributed by atoms with Crippen LogP contribution in [0.4, 0.5) is 10.3 Å². The first kappa shape index (κ1) is 12.4. The normalized spacial score (nSPS) is 18.8. The van der Waals surface area contributed by atoms with Crippen molar-refractivity contribution in [2.45, 2.75) is 18.9 Å². The van der Waals surface area contributed by atoms with Gasteiger partial charge in [0.25, 0.3) is 0 Å². The molecule has 5 heteroatoms. The highest BCUT2D eigenvalue weighted by molar-refractivity contribution is 6.29. The average molecular weight is 278 g/mol. The molecule has 1 aromatic carbocycles. The van der Waals surface area contributed by atoms with Gasteiger partial charge in [0, 0.05) is 18.3 Å². The monoisotopic (exact) mass is 277 g/mol. The molecule has 1 aliphatic heterocycles. The van der Waals surface area contributed by atoms with Crippen molar-refractivity contribution >= 4 is 17.5 Å². The van der Waals surface area contributed by atoms with Crippen LogP contribution < -0.4 is 4.90 Å². The third kappa shape index (κ3) is 2.40. The van der Waals surface area contributed by atoms with Crippen molar-refractivity contribution in [1.82, 2.24) is 9.97 Å². The molecule has 0 N–H and O–H groups in total. The molecule has 0 bridgehead atoms. The minimum absolute atomic E-state index is 0.0142. The van der Waals surface area contributed by atoms with Crippen molar-refractivity contribution in [2.75, 3.05) is 11.4 Å². The molecule has 1 atom stereocenters. The third-order valence-electron chi connectivity index (χ3n) is 3.38. The first-order chi connectivity index (χ1) is 9.25. The maximum absolute atomic E-state index is 13.9. The first-order valence-corrected chi connectivity index (χ1v) is 6.63. The smallest absolute Gasteiger partial charge is 0.227 e. The molecule has 98 valence electrons. The van der Waals surface area contributed by atoms with E-state index < -0.39 is 0 Å². The summed E-state index contributed by atoms with van der Waals surface area (Å²) in [5.74, 6) is 0.389. The number of hydrogen-bond acceptors (Lipinski definition) is 3. The SMILES string of the molecule is Fc1ccccc1[C@@H]1CCCN1c1nccc(Cl)n1. The molecule has 0 radical (unpaired) electrons. The highest BCUT2D eigenvalue weighted by atomic mass is 35.5. The lowest BCUT2D eigenvalue weighted by molar-refractivity contribution is 0.577. The Morgan fingerprint density at radius 2 is 2.11 bits per heavy atom. The third-order valence-corrected chi connectivity index (χ3v) is 3.59. The van der Waals surface area contributed by atoms with Gasteiger partial charge in [-0.1, -0.05) is 29.8 Å². The number of rotatable bonds is 2. The summed E-state index contributed by atoms with van der Waals surface area (Å²) in [7, 11) is 0. The molecule has 3 nitrogen and oxygen atoms in total. The minimum atomic E-state index is -0.179. The van der Waals surface area contributed by atoms with Crippen LogP contribution in [0.2, 0.25) is 5.15 Å². The number of hydrogen-bond donors (Lipinski definition) is 0. The van der Waals surface area contributed by atoms with Gasteiger partial charge in [-0.05, 0) is 25.0 Å². The van der Waals surface area contributed by atoms with E-state index in [1.807, 2.05) is 17.0 Å². The molecule has 1 aliphatic rings. The topological polar surface area (TPSA) is 29.0 Å². The van der Waals surface area contributed by atoms with Gasteiger partial charge in [-0.25, -0.2) is 14.4 Å². The van der Waals surface area contributed by atoms with Crippen LogP contribution in [0, 0.1) is 5.82 Å². The van der Waals surface area contributed by atoms with Crippen LogP contribution in [0.25, 0.3) is 0 Å². The molecule has 1 fully saturated rings. The predicted molar refractivity (Wildman–Crippen MR) is 72.8 cm³/mol. The van der Waals surface area contributed by atoms with E-state index >= 15 is 0 Å². The summed E-state index contributed by atoms with van der Waals surface area (Å²) in [6, 6.07) is 8.49. The fraction of sp³-hybridized carbons (Fsp3) is 0.286. The molecular weight excluding hydrogens is 265 g/mol. The lowest BCUT2D eigenvalue weighted by Gasteiger charge is -2.25. The van der Waals surface area contributed by atoms with E-state index in [1.165, 1.54) is 6.07 Å². The van der Waals surface area contributed by atoms with Crippen molar-refractivity contribution < 1.29 is 4.39 Å². The summed E-state index contributed by atoms with van der Waals surface area (Å²) in [6.45, 7) is 0.819. The second-order valence-corrected chi connectivity index (χ2v) is 4.94. The Hall–Kier alpha value is -1.68. The summed E-state index contributed by atoms with van der Waals surface area (Å²) in [6.07, 6.45) is 3.52. The van der Waals surface area contributed by atoms with Gasteiger partial charge in [0.15, 0.2) is 0 Å². The van der Waals surface area contributed by atoms with E-state index in [1.54, 1.807) is 18.3 Å². The lowest BCUT2D eigenvalue weighted by Crippen LogP contribution is -2.25. The highest BCUT2D eigenvalue weighted by Gasteiger charge is 2.29. The summed E-state index contributed by atoms with van der Waals surface area (Å²) >= 11 is 5.90. The van der Waals surface area contributed by atoms with Gasteiger partial charge < -0.3 is 4.90 Å². The summed E-state index contributed by atoms with van der Waals surface area (Å²) in [5.41, 5.74) is 0.698. The predicted octanol–water partition coefficient (Wildman–Crippen LogP) is 3.61. The Morgan fingerprint density at radius 1 is 1.26 bits per heavy atom. The lowest BCUT2D eigenvalue weighted by atomic mass is 10.0. The molecule has 0 aliphatic carbocycles. The van der Waals surface area contributed by atoms with Crippen LogP contribution >= 0.6 is 11.6 Å². The van der Waals surface area contributed by atoms with Crippen molar-refractivity contribution in [2.24, 2.45) is 0 Å². The second kappa shape index (κ2) is 5.13. The molecule has 1 aromatic heterocycles. The van der Waals surface area contributed by atoms with Gasteiger partial charge in [0.2, 0.25) is 5.95 Å². The Balaban J connectivity index is 1.96. The number of halogens is 2. The first-order valence-electron chi connectivity index (χ1n) is 6.25. The second-order valence-electron chi connectivity index (χ2n) is 4.55. The standard InChI is InChI=1S/C14H13ClFN3/c15-13-7-8-17-14(18-13)19-9-3-6-12(19)10-4-1-2-5-11(10)16/h1-2,4-5,7-8,12H,3,6,9H2/t12-/m0/s1. The van der Waals surface area contributed by atoms with E-state index in [0.29, 0.717) is 16.7 Å². The molecule has 1 saturated heterocycles. The van der Waals surface area contributed by atoms with Crippen LogP contribution in [0.3, 0.4) is 0 Å². The van der Waals surface area contributed by atoms with Gasteiger partial charge in [0.1, 0.15) is 11.0 Å². The number of anilines is 1. The van der Waals surface area contributed by atoms with Gasteiger partial charge in [-0.2, -0.15) is 0 Å². The Bertz CT molecular complexity index is 590. The van der Waals surface area contributed by atoms with Gasteiger partial charge in [0.05, 0.1) is 6.04 Å². The Labute approximate surface area is 116 Å². The number of benzene rings is 1. The Kier molecular flexibility index (Phi) is 3.34. The fourth-order valence-corrected chi connectivity index (χ4v) is 2.67. The van der Waals surface area contributed by atoms with Gasteiger partial charge in [-0.15, -0.1) is 0 Å². The van der Waals surface area contributed by atoms with Crippen LogP contribution in [-0.4, -0.2) is 16.5 Å². The zero-order valence-electron chi connectivity index (χ0n) is 10.3. The van der Waals surface area contributed by atoms with Crippen molar-refractivity contribution in [3.05, 3.63) is 53.1 Å². The highest BCUT2D eigenvalue weighted by Crippen LogP contribution is 2.35.